The predicted molar refractivity (Wildman–Crippen MR) is 71.4 cm³/mol. The number of aliphatic hydroxyl groups is 1. The van der Waals surface area contributed by atoms with E-state index in [1.54, 1.807) is 6.07 Å². The van der Waals surface area contributed by atoms with Crippen LogP contribution in [0.4, 0.5) is 0 Å². The summed E-state index contributed by atoms with van der Waals surface area (Å²) in [7, 11) is -3.58. The van der Waals surface area contributed by atoms with Crippen molar-refractivity contribution in [1.82, 2.24) is 4.31 Å². The largest absolute Gasteiger partial charge is 0.490 e. The van der Waals surface area contributed by atoms with Crippen molar-refractivity contribution >= 4 is 10.0 Å². The van der Waals surface area contributed by atoms with Gasteiger partial charge in [0.25, 0.3) is 0 Å². The van der Waals surface area contributed by atoms with E-state index < -0.39 is 16.1 Å². The molecule has 0 saturated carbocycles. The van der Waals surface area contributed by atoms with Crippen LogP contribution in [0.3, 0.4) is 0 Å². The van der Waals surface area contributed by atoms with E-state index >= 15 is 0 Å². The van der Waals surface area contributed by atoms with Gasteiger partial charge in [0.1, 0.15) is 0 Å². The maximum atomic E-state index is 12.5. The van der Waals surface area contributed by atoms with Crippen LogP contribution >= 0.6 is 0 Å². The van der Waals surface area contributed by atoms with Crippen LogP contribution in [-0.2, 0) is 10.0 Å². The Morgan fingerprint density at radius 1 is 1.20 bits per heavy atom. The van der Waals surface area contributed by atoms with Crippen LogP contribution < -0.4 is 9.47 Å². The third-order valence-electron chi connectivity index (χ3n) is 3.48. The predicted octanol–water partition coefficient (Wildman–Crippen LogP) is 0.603. The Morgan fingerprint density at radius 2 is 1.95 bits per heavy atom. The monoisotopic (exact) mass is 299 g/mol. The third kappa shape index (κ3) is 2.48. The molecule has 0 unspecified atom stereocenters. The Hall–Kier alpha value is -1.31. The Kier molecular flexibility index (Phi) is 3.57. The van der Waals surface area contributed by atoms with Gasteiger partial charge in [-0.1, -0.05) is 0 Å². The van der Waals surface area contributed by atoms with E-state index in [-0.39, 0.29) is 11.4 Å². The van der Waals surface area contributed by atoms with E-state index in [1.807, 2.05) is 0 Å². The Morgan fingerprint density at radius 3 is 2.65 bits per heavy atom. The normalized spacial score (nSPS) is 23.6. The molecule has 0 radical (unpaired) electrons. The lowest BCUT2D eigenvalue weighted by Gasteiger charge is -2.17. The fourth-order valence-corrected chi connectivity index (χ4v) is 3.89. The van der Waals surface area contributed by atoms with Gasteiger partial charge in [0.15, 0.2) is 11.5 Å². The quantitative estimate of drug-likeness (QED) is 0.865. The number of β-amino-alcohol motifs (C(OH)–C–C–N with tert-alkyl or cyclic N) is 1. The molecule has 3 rings (SSSR count). The molecule has 1 N–H and O–H groups in total. The van der Waals surface area contributed by atoms with E-state index in [1.165, 1.54) is 16.4 Å². The summed E-state index contributed by atoms with van der Waals surface area (Å²) in [6, 6.07) is 4.65. The number of fused-ring (bicyclic) bond motifs is 1. The number of nitrogens with zero attached hydrogens (tertiary/aromatic N) is 1. The van der Waals surface area contributed by atoms with Crippen molar-refractivity contribution < 1.29 is 23.0 Å². The first kappa shape index (κ1) is 13.7. The van der Waals surface area contributed by atoms with Gasteiger partial charge in [0.05, 0.1) is 24.2 Å². The van der Waals surface area contributed by atoms with Crippen LogP contribution in [0.25, 0.3) is 0 Å². The molecular formula is C13H17NO5S. The van der Waals surface area contributed by atoms with Gasteiger partial charge in [-0.3, -0.25) is 0 Å². The first-order chi connectivity index (χ1) is 9.57. The minimum atomic E-state index is -3.58. The molecule has 7 heteroatoms. The highest BCUT2D eigenvalue weighted by molar-refractivity contribution is 7.89. The van der Waals surface area contributed by atoms with Crippen molar-refractivity contribution in [1.29, 1.82) is 0 Å². The molecule has 0 aliphatic carbocycles. The first-order valence-electron chi connectivity index (χ1n) is 6.65. The molecular weight excluding hydrogens is 282 g/mol. The molecule has 1 aromatic rings. The number of benzene rings is 1. The molecule has 110 valence electrons. The highest BCUT2D eigenvalue weighted by Crippen LogP contribution is 2.33. The zero-order chi connectivity index (χ0) is 14.2. The number of sulfonamides is 1. The van der Waals surface area contributed by atoms with E-state index in [4.69, 9.17) is 9.47 Å². The first-order valence-corrected chi connectivity index (χ1v) is 8.09. The average molecular weight is 299 g/mol. The molecule has 0 amide bonds. The molecule has 1 saturated heterocycles. The maximum Gasteiger partial charge on any atom is 0.243 e. The SMILES string of the molecule is O=S(=O)(c1ccc2c(c1)OCCCO2)N1CC[C@@H](O)C1. The fourth-order valence-electron chi connectivity index (χ4n) is 2.38. The van der Waals surface area contributed by atoms with Crippen molar-refractivity contribution in [3.63, 3.8) is 0 Å². The molecule has 0 aromatic heterocycles. The van der Waals surface area contributed by atoms with Gasteiger partial charge in [-0.15, -0.1) is 0 Å². The topological polar surface area (TPSA) is 76.1 Å². The van der Waals surface area contributed by atoms with Crippen molar-refractivity contribution in [2.24, 2.45) is 0 Å². The second kappa shape index (κ2) is 5.23. The summed E-state index contributed by atoms with van der Waals surface area (Å²) < 4.78 is 37.2. The van der Waals surface area contributed by atoms with Crippen LogP contribution in [0.15, 0.2) is 23.1 Å². The summed E-state index contributed by atoms with van der Waals surface area (Å²) in [6.07, 6.45) is 0.670. The molecule has 0 bridgehead atoms. The number of rotatable bonds is 2. The molecule has 6 nitrogen and oxygen atoms in total. The second-order valence-corrected chi connectivity index (χ2v) is 6.90. The second-order valence-electron chi connectivity index (χ2n) is 4.96. The summed E-state index contributed by atoms with van der Waals surface area (Å²) in [5.74, 6) is 1.03. The van der Waals surface area contributed by atoms with Crippen LogP contribution in [0.2, 0.25) is 0 Å². The van der Waals surface area contributed by atoms with Crippen molar-refractivity contribution in [3.8, 4) is 11.5 Å². The molecule has 1 fully saturated rings. The van der Waals surface area contributed by atoms with Gasteiger partial charge >= 0.3 is 0 Å². The van der Waals surface area contributed by atoms with Gasteiger partial charge < -0.3 is 14.6 Å². The third-order valence-corrected chi connectivity index (χ3v) is 5.34. The minimum Gasteiger partial charge on any atom is -0.490 e. The fraction of sp³-hybridized carbons (Fsp3) is 0.538. The van der Waals surface area contributed by atoms with Crippen LogP contribution in [0, 0.1) is 0 Å². The molecule has 20 heavy (non-hydrogen) atoms. The lowest BCUT2D eigenvalue weighted by atomic mass is 10.3. The molecule has 2 aliphatic heterocycles. The molecule has 1 aromatic carbocycles. The zero-order valence-electron chi connectivity index (χ0n) is 11.0. The Labute approximate surface area is 118 Å². The van der Waals surface area contributed by atoms with Crippen molar-refractivity contribution in [2.75, 3.05) is 26.3 Å². The van der Waals surface area contributed by atoms with Gasteiger partial charge in [-0.2, -0.15) is 4.31 Å². The molecule has 2 aliphatic rings. The summed E-state index contributed by atoms with van der Waals surface area (Å²) in [5.41, 5.74) is 0. The smallest absolute Gasteiger partial charge is 0.243 e. The van der Waals surface area contributed by atoms with E-state index in [0.29, 0.717) is 37.7 Å². The highest BCUT2D eigenvalue weighted by Gasteiger charge is 2.32. The summed E-state index contributed by atoms with van der Waals surface area (Å²) in [5, 5.41) is 9.49. The van der Waals surface area contributed by atoms with E-state index in [2.05, 4.69) is 0 Å². The van der Waals surface area contributed by atoms with Crippen LogP contribution in [0.1, 0.15) is 12.8 Å². The van der Waals surface area contributed by atoms with Crippen LogP contribution in [-0.4, -0.2) is 50.2 Å². The number of ether oxygens (including phenoxy) is 2. The number of hydrogen-bond donors (Lipinski definition) is 1. The highest BCUT2D eigenvalue weighted by atomic mass is 32.2. The number of aliphatic hydroxyl groups excluding tert-OH is 1. The van der Waals surface area contributed by atoms with Crippen LogP contribution in [0.5, 0.6) is 11.5 Å². The lowest BCUT2D eigenvalue weighted by Crippen LogP contribution is -2.29. The van der Waals surface area contributed by atoms with Crippen molar-refractivity contribution in [3.05, 3.63) is 18.2 Å². The van der Waals surface area contributed by atoms with E-state index in [9.17, 15) is 13.5 Å². The summed E-state index contributed by atoms with van der Waals surface area (Å²) in [4.78, 5) is 0.177. The average Bonchev–Trinajstić information content (AvgIpc) is 2.74. The maximum absolute atomic E-state index is 12.5. The number of hydrogen-bond acceptors (Lipinski definition) is 5. The van der Waals surface area contributed by atoms with Crippen molar-refractivity contribution in [2.45, 2.75) is 23.8 Å². The van der Waals surface area contributed by atoms with Gasteiger partial charge in [-0.05, 0) is 18.6 Å². The lowest BCUT2D eigenvalue weighted by molar-refractivity contribution is 0.189. The molecule has 1 atom stereocenters. The standard InChI is InChI=1S/C13H17NO5S/c15-10-4-5-14(9-10)20(16,17)11-2-3-12-13(8-11)19-7-1-6-18-12/h2-3,8,10,15H,1,4-7,9H2/t10-/m1/s1. The Balaban J connectivity index is 1.92. The van der Waals surface area contributed by atoms with E-state index in [0.717, 1.165) is 6.42 Å². The summed E-state index contributed by atoms with van der Waals surface area (Å²) in [6.45, 7) is 1.57. The van der Waals surface area contributed by atoms with Gasteiger partial charge in [0.2, 0.25) is 10.0 Å². The Bertz CT molecular complexity index is 601. The molecule has 0 spiro atoms. The molecule has 2 heterocycles. The minimum absolute atomic E-state index is 0.150. The zero-order valence-corrected chi connectivity index (χ0v) is 11.8. The summed E-state index contributed by atoms with van der Waals surface area (Å²) >= 11 is 0. The van der Waals surface area contributed by atoms with Gasteiger partial charge in [0, 0.05) is 25.6 Å². The van der Waals surface area contributed by atoms with Gasteiger partial charge in [-0.25, -0.2) is 8.42 Å².